The first-order chi connectivity index (χ1) is 14.4. The van der Waals surface area contributed by atoms with Crippen LogP contribution in [0, 0.1) is 11.8 Å². The number of carbonyl (C=O) groups excluding carboxylic acids is 1. The highest BCUT2D eigenvalue weighted by atomic mass is 32.2. The fourth-order valence-corrected chi connectivity index (χ4v) is 5.88. The molecule has 0 aromatic heterocycles. The van der Waals surface area contributed by atoms with E-state index in [-0.39, 0.29) is 12.1 Å². The zero-order valence-corrected chi connectivity index (χ0v) is 20.5. The fraction of sp³-hybridized carbons (Fsp3) is 0.708. The van der Waals surface area contributed by atoms with Crippen molar-refractivity contribution in [1.29, 1.82) is 0 Å². The Bertz CT molecular complexity index is 843. The van der Waals surface area contributed by atoms with E-state index in [1.165, 1.54) is 24.8 Å². The summed E-state index contributed by atoms with van der Waals surface area (Å²) in [6.07, 6.45) is 5.05. The van der Waals surface area contributed by atoms with Crippen molar-refractivity contribution in [2.45, 2.75) is 83.4 Å². The molecule has 174 valence electrons. The normalized spacial score (nSPS) is 26.0. The second kappa shape index (κ2) is 9.49. The summed E-state index contributed by atoms with van der Waals surface area (Å²) in [5.74, 6) is 2.15. The minimum Gasteiger partial charge on any atom is -0.324 e. The second-order valence-corrected chi connectivity index (χ2v) is 13.1. The summed E-state index contributed by atoms with van der Waals surface area (Å²) in [7, 11) is -3.37. The monoisotopic (exact) mass is 449 g/mol. The van der Waals surface area contributed by atoms with Gasteiger partial charge < -0.3 is 10.2 Å². The lowest BCUT2D eigenvalue weighted by Gasteiger charge is -2.34. The SMILES string of the molecule is CC1CC(C)CC(c2ccc(NC(=O)N3CCC(NS(=O)(=O)C(C)(C)C)CC3)cc2)C1. The molecular weight excluding hydrogens is 410 g/mol. The summed E-state index contributed by atoms with van der Waals surface area (Å²) >= 11 is 0. The highest BCUT2D eigenvalue weighted by Gasteiger charge is 2.33. The minimum atomic E-state index is -3.37. The number of nitrogens with one attached hydrogen (secondary N) is 2. The molecule has 2 amide bonds. The number of urea groups is 1. The molecule has 1 aliphatic heterocycles. The van der Waals surface area contributed by atoms with Crippen molar-refractivity contribution in [3.05, 3.63) is 29.8 Å². The van der Waals surface area contributed by atoms with E-state index in [1.54, 1.807) is 25.7 Å². The highest BCUT2D eigenvalue weighted by molar-refractivity contribution is 7.90. The van der Waals surface area contributed by atoms with E-state index in [0.717, 1.165) is 17.5 Å². The molecule has 1 heterocycles. The van der Waals surface area contributed by atoms with Gasteiger partial charge in [0.05, 0.1) is 4.75 Å². The van der Waals surface area contributed by atoms with E-state index in [2.05, 4.69) is 36.0 Å². The molecule has 2 fully saturated rings. The average Bonchev–Trinajstić information content (AvgIpc) is 2.67. The van der Waals surface area contributed by atoms with Crippen LogP contribution >= 0.6 is 0 Å². The van der Waals surface area contributed by atoms with Crippen molar-refractivity contribution in [1.82, 2.24) is 9.62 Å². The Morgan fingerprint density at radius 2 is 1.52 bits per heavy atom. The molecule has 7 heteroatoms. The Kier molecular flexibility index (Phi) is 7.36. The van der Waals surface area contributed by atoms with E-state index in [4.69, 9.17) is 0 Å². The van der Waals surface area contributed by atoms with Crippen LogP contribution in [0.5, 0.6) is 0 Å². The molecule has 0 bridgehead atoms. The van der Waals surface area contributed by atoms with E-state index >= 15 is 0 Å². The molecule has 3 rings (SSSR count). The van der Waals surface area contributed by atoms with Gasteiger partial charge in [0.1, 0.15) is 0 Å². The maximum atomic E-state index is 12.7. The Hall–Kier alpha value is -1.60. The van der Waals surface area contributed by atoms with Gasteiger partial charge >= 0.3 is 6.03 Å². The van der Waals surface area contributed by atoms with Crippen molar-refractivity contribution < 1.29 is 13.2 Å². The standard InChI is InChI=1S/C24H39N3O3S/c1-17-14-18(2)16-20(15-17)19-6-8-21(9-7-19)25-23(28)27-12-10-22(11-13-27)26-31(29,30)24(3,4)5/h6-9,17-18,20,22,26H,10-16H2,1-5H3,(H,25,28). The van der Waals surface area contributed by atoms with Crippen LogP contribution in [0.4, 0.5) is 10.5 Å². The number of anilines is 1. The minimum absolute atomic E-state index is 0.118. The summed E-state index contributed by atoms with van der Waals surface area (Å²) in [6.45, 7) is 10.8. The molecule has 0 spiro atoms. The largest absolute Gasteiger partial charge is 0.324 e. The first-order valence-corrected chi connectivity index (χ1v) is 13.1. The van der Waals surface area contributed by atoms with Crippen LogP contribution in [-0.4, -0.2) is 43.2 Å². The van der Waals surface area contributed by atoms with E-state index < -0.39 is 14.8 Å². The zero-order chi connectivity index (χ0) is 22.8. The van der Waals surface area contributed by atoms with Crippen LogP contribution in [0.25, 0.3) is 0 Å². The first-order valence-electron chi connectivity index (χ1n) is 11.6. The molecule has 1 saturated heterocycles. The quantitative estimate of drug-likeness (QED) is 0.683. The molecule has 1 aromatic rings. The molecule has 2 atom stereocenters. The predicted molar refractivity (Wildman–Crippen MR) is 127 cm³/mol. The lowest BCUT2D eigenvalue weighted by Crippen LogP contribution is -2.50. The van der Waals surface area contributed by atoms with Crippen molar-refractivity contribution in [2.24, 2.45) is 11.8 Å². The molecule has 2 aliphatic rings. The van der Waals surface area contributed by atoms with Gasteiger partial charge in [-0.2, -0.15) is 0 Å². The molecule has 1 aromatic carbocycles. The summed E-state index contributed by atoms with van der Waals surface area (Å²) in [5, 5.41) is 3.00. The van der Waals surface area contributed by atoms with Crippen molar-refractivity contribution in [2.75, 3.05) is 18.4 Å². The van der Waals surface area contributed by atoms with E-state index in [9.17, 15) is 13.2 Å². The van der Waals surface area contributed by atoms with Gasteiger partial charge in [-0.05, 0) is 88.3 Å². The predicted octanol–water partition coefficient (Wildman–Crippen LogP) is 4.94. The number of carbonyl (C=O) groups is 1. The van der Waals surface area contributed by atoms with Gasteiger partial charge in [-0.1, -0.05) is 26.0 Å². The molecule has 0 radical (unpaired) electrons. The van der Waals surface area contributed by atoms with Gasteiger partial charge in [0.2, 0.25) is 10.0 Å². The topological polar surface area (TPSA) is 78.5 Å². The van der Waals surface area contributed by atoms with Gasteiger partial charge in [-0.15, -0.1) is 0 Å². The zero-order valence-electron chi connectivity index (χ0n) is 19.6. The summed E-state index contributed by atoms with van der Waals surface area (Å²) in [4.78, 5) is 14.4. The molecular formula is C24H39N3O3S. The number of likely N-dealkylation sites (tertiary alicyclic amines) is 1. The Labute approximate surface area is 188 Å². The van der Waals surface area contributed by atoms with E-state index in [1.807, 2.05) is 12.1 Å². The first kappa shape index (κ1) is 24.1. The smallest absolute Gasteiger partial charge is 0.321 e. The maximum Gasteiger partial charge on any atom is 0.321 e. The average molecular weight is 450 g/mol. The second-order valence-electron chi connectivity index (χ2n) is 10.7. The molecule has 2 unspecified atom stereocenters. The number of hydrogen-bond acceptors (Lipinski definition) is 3. The lowest BCUT2D eigenvalue weighted by atomic mass is 9.74. The fourth-order valence-electron chi connectivity index (χ4n) is 4.86. The van der Waals surface area contributed by atoms with Crippen LogP contribution < -0.4 is 10.0 Å². The number of benzene rings is 1. The number of hydrogen-bond donors (Lipinski definition) is 2. The van der Waals surface area contributed by atoms with Crippen LogP contribution in [0.15, 0.2) is 24.3 Å². The Morgan fingerprint density at radius 3 is 2.03 bits per heavy atom. The number of rotatable bonds is 4. The van der Waals surface area contributed by atoms with Crippen molar-refractivity contribution >= 4 is 21.7 Å². The number of nitrogens with zero attached hydrogens (tertiary/aromatic N) is 1. The number of sulfonamides is 1. The summed E-state index contributed by atoms with van der Waals surface area (Å²) in [6, 6.07) is 8.07. The molecule has 6 nitrogen and oxygen atoms in total. The highest BCUT2D eigenvalue weighted by Crippen LogP contribution is 2.39. The summed E-state index contributed by atoms with van der Waals surface area (Å²) in [5.41, 5.74) is 2.17. The third-order valence-corrected chi connectivity index (χ3v) is 8.98. The van der Waals surface area contributed by atoms with Crippen molar-refractivity contribution in [3.8, 4) is 0 Å². The Balaban J connectivity index is 1.50. The van der Waals surface area contributed by atoms with Crippen LogP contribution in [0.2, 0.25) is 0 Å². The lowest BCUT2D eigenvalue weighted by molar-refractivity contribution is 0.193. The maximum absolute atomic E-state index is 12.7. The van der Waals surface area contributed by atoms with Gasteiger partial charge in [0.25, 0.3) is 0 Å². The summed E-state index contributed by atoms with van der Waals surface area (Å²) < 4.78 is 26.7. The van der Waals surface area contributed by atoms with Crippen LogP contribution in [0.3, 0.4) is 0 Å². The van der Waals surface area contributed by atoms with Gasteiger partial charge in [-0.3, -0.25) is 0 Å². The number of amides is 2. The van der Waals surface area contributed by atoms with Crippen LogP contribution in [-0.2, 0) is 10.0 Å². The van der Waals surface area contributed by atoms with Gasteiger partial charge in [0.15, 0.2) is 0 Å². The van der Waals surface area contributed by atoms with Crippen LogP contribution in [0.1, 0.15) is 78.2 Å². The Morgan fingerprint density at radius 1 is 0.968 bits per heavy atom. The number of piperidine rings is 1. The third-order valence-electron chi connectivity index (χ3n) is 6.72. The van der Waals surface area contributed by atoms with Gasteiger partial charge in [-0.25, -0.2) is 17.9 Å². The van der Waals surface area contributed by atoms with Crippen molar-refractivity contribution in [3.63, 3.8) is 0 Å². The molecule has 31 heavy (non-hydrogen) atoms. The molecule has 1 aliphatic carbocycles. The molecule has 2 N–H and O–H groups in total. The molecule has 1 saturated carbocycles. The van der Waals surface area contributed by atoms with E-state index in [0.29, 0.717) is 31.8 Å². The van der Waals surface area contributed by atoms with Gasteiger partial charge in [0, 0.05) is 24.8 Å². The third kappa shape index (κ3) is 6.22.